The fraction of sp³-hybridized carbons (Fsp3) is 0.190. The van der Waals surface area contributed by atoms with Gasteiger partial charge < -0.3 is 15.2 Å². The van der Waals surface area contributed by atoms with Crippen molar-refractivity contribution in [2.24, 2.45) is 5.73 Å². The minimum Gasteiger partial charge on any atom is -0.468 e. The van der Waals surface area contributed by atoms with Gasteiger partial charge in [-0.3, -0.25) is 19.7 Å². The maximum absolute atomic E-state index is 13.6. The van der Waals surface area contributed by atoms with E-state index in [1.54, 1.807) is 12.1 Å². The third kappa shape index (κ3) is 5.68. The number of carbonyl (C=O) groups excluding carboxylic acids is 3. The first-order valence-corrected chi connectivity index (χ1v) is 9.95. The van der Waals surface area contributed by atoms with Gasteiger partial charge in [-0.15, -0.1) is 0 Å². The number of benzene rings is 2. The van der Waals surface area contributed by atoms with E-state index in [0.717, 1.165) is 23.8 Å². The number of halogens is 3. The molecule has 7 nitrogen and oxygen atoms in total. The molecule has 1 aliphatic heterocycles. The maximum atomic E-state index is 13.6. The molecule has 0 unspecified atom stereocenters. The molecule has 11 heteroatoms. The van der Waals surface area contributed by atoms with Gasteiger partial charge in [0.05, 0.1) is 17.6 Å². The molecule has 2 aromatic rings. The van der Waals surface area contributed by atoms with Crippen LogP contribution in [0.15, 0.2) is 47.4 Å². The fourth-order valence-electron chi connectivity index (χ4n) is 2.85. The zero-order valence-corrected chi connectivity index (χ0v) is 17.4. The Kier molecular flexibility index (Phi) is 6.90. The van der Waals surface area contributed by atoms with Gasteiger partial charge in [-0.1, -0.05) is 18.2 Å². The third-order valence-electron chi connectivity index (χ3n) is 4.38. The minimum atomic E-state index is -4.72. The molecular weight excluding hydrogens is 449 g/mol. The normalized spacial score (nSPS) is 16.1. The molecule has 1 aliphatic rings. The van der Waals surface area contributed by atoms with E-state index >= 15 is 0 Å². The van der Waals surface area contributed by atoms with Crippen LogP contribution in [0.4, 0.5) is 18.0 Å². The summed E-state index contributed by atoms with van der Waals surface area (Å²) in [6.07, 6.45) is -3.48. The van der Waals surface area contributed by atoms with Gasteiger partial charge in [0.2, 0.25) is 0 Å². The van der Waals surface area contributed by atoms with E-state index in [1.165, 1.54) is 25.3 Å². The summed E-state index contributed by atoms with van der Waals surface area (Å²) in [7, 11) is 1.23. The number of methoxy groups -OCH3 is 1. The highest BCUT2D eigenvalue weighted by Gasteiger charge is 2.34. The minimum absolute atomic E-state index is 0.0712. The van der Waals surface area contributed by atoms with Crippen LogP contribution in [0, 0.1) is 0 Å². The second kappa shape index (κ2) is 9.45. The van der Waals surface area contributed by atoms with E-state index < -0.39 is 34.9 Å². The highest BCUT2D eigenvalue weighted by atomic mass is 32.2. The highest BCUT2D eigenvalue weighted by Crippen LogP contribution is 2.38. The molecule has 3 rings (SSSR count). The Morgan fingerprint density at radius 1 is 1.16 bits per heavy atom. The van der Waals surface area contributed by atoms with Gasteiger partial charge in [-0.05, 0) is 59.7 Å². The number of alkyl halides is 3. The monoisotopic (exact) mass is 466 g/mol. The average molecular weight is 466 g/mol. The SMILES string of the molecule is COC(=O)[C@@H](N)Cc1ccc(Oc2ccc(C=C3SC(=O)NC3=O)c(C(F)(F)F)c2)cc1. The van der Waals surface area contributed by atoms with Crippen molar-refractivity contribution in [3.63, 3.8) is 0 Å². The molecule has 2 amide bonds. The maximum Gasteiger partial charge on any atom is 0.417 e. The molecule has 1 heterocycles. The molecule has 168 valence electrons. The van der Waals surface area contributed by atoms with Crippen LogP contribution in [0.5, 0.6) is 11.5 Å². The summed E-state index contributed by atoms with van der Waals surface area (Å²) in [4.78, 5) is 34.2. The van der Waals surface area contributed by atoms with Crippen LogP contribution in [-0.4, -0.2) is 30.3 Å². The molecule has 32 heavy (non-hydrogen) atoms. The molecule has 1 saturated heterocycles. The van der Waals surface area contributed by atoms with Crippen molar-refractivity contribution < 1.29 is 37.0 Å². The Balaban J connectivity index is 1.80. The second-order valence-corrected chi connectivity index (χ2v) is 7.69. The number of rotatable bonds is 6. The molecule has 3 N–H and O–H groups in total. The van der Waals surface area contributed by atoms with Gasteiger partial charge >= 0.3 is 12.1 Å². The molecule has 0 radical (unpaired) electrons. The number of esters is 1. The van der Waals surface area contributed by atoms with E-state index in [4.69, 9.17) is 10.5 Å². The second-order valence-electron chi connectivity index (χ2n) is 6.68. The van der Waals surface area contributed by atoms with Gasteiger partial charge in [0.15, 0.2) is 0 Å². The summed E-state index contributed by atoms with van der Waals surface area (Å²) in [6, 6.07) is 8.79. The molecule has 0 spiro atoms. The molecule has 0 aliphatic carbocycles. The standard InChI is InChI=1S/C21H17F3N2O5S/c1-30-19(28)16(25)8-11-2-5-13(6-3-11)31-14-7-4-12(15(10-14)21(22,23)24)9-17-18(27)26-20(29)32-17/h2-7,9-10,16H,8,25H2,1H3,(H,26,27,29)/t16-/m0/s1. The quantitative estimate of drug-likeness (QED) is 0.492. The van der Waals surface area contributed by atoms with Crippen molar-refractivity contribution >= 4 is 35.0 Å². The summed E-state index contributed by atoms with van der Waals surface area (Å²) in [5, 5.41) is 1.34. The Morgan fingerprint density at radius 2 is 1.81 bits per heavy atom. The third-order valence-corrected chi connectivity index (χ3v) is 5.19. The Hall–Kier alpha value is -3.31. The first-order valence-electron chi connectivity index (χ1n) is 9.13. The number of amides is 2. The fourth-order valence-corrected chi connectivity index (χ4v) is 3.52. The van der Waals surface area contributed by atoms with Crippen molar-refractivity contribution in [1.29, 1.82) is 0 Å². The lowest BCUT2D eigenvalue weighted by atomic mass is 10.1. The van der Waals surface area contributed by atoms with E-state index in [2.05, 4.69) is 4.74 Å². The molecular formula is C21H17F3N2O5S. The van der Waals surface area contributed by atoms with Crippen LogP contribution in [0.25, 0.3) is 6.08 Å². The number of nitrogens with two attached hydrogens (primary N) is 1. The summed E-state index contributed by atoms with van der Waals surface area (Å²) in [6.45, 7) is 0. The zero-order valence-electron chi connectivity index (χ0n) is 16.6. The summed E-state index contributed by atoms with van der Waals surface area (Å²) in [5.41, 5.74) is 5.13. The number of ether oxygens (including phenoxy) is 2. The topological polar surface area (TPSA) is 108 Å². The van der Waals surface area contributed by atoms with Crippen LogP contribution in [0.1, 0.15) is 16.7 Å². The van der Waals surface area contributed by atoms with Gasteiger partial charge in [-0.25, -0.2) is 0 Å². The number of nitrogens with one attached hydrogen (secondary N) is 1. The molecule has 2 aromatic carbocycles. The summed E-state index contributed by atoms with van der Waals surface area (Å²) >= 11 is 0.528. The molecule has 0 bridgehead atoms. The summed E-state index contributed by atoms with van der Waals surface area (Å²) in [5.74, 6) is -1.10. The Morgan fingerprint density at radius 3 is 2.38 bits per heavy atom. The number of carbonyl (C=O) groups is 3. The lowest BCUT2D eigenvalue weighted by molar-refractivity contribution is -0.142. The predicted molar refractivity (Wildman–Crippen MR) is 111 cm³/mol. The predicted octanol–water partition coefficient (Wildman–Crippen LogP) is 3.86. The van der Waals surface area contributed by atoms with Crippen LogP contribution >= 0.6 is 11.8 Å². The van der Waals surface area contributed by atoms with Crippen molar-refractivity contribution in [2.45, 2.75) is 18.6 Å². The number of thioether (sulfide) groups is 1. The smallest absolute Gasteiger partial charge is 0.417 e. The number of hydrogen-bond acceptors (Lipinski definition) is 7. The van der Waals surface area contributed by atoms with Crippen LogP contribution in [0.2, 0.25) is 0 Å². The Labute approximate surface area is 184 Å². The van der Waals surface area contributed by atoms with E-state index in [9.17, 15) is 27.6 Å². The van der Waals surface area contributed by atoms with Crippen molar-refractivity contribution in [1.82, 2.24) is 5.32 Å². The van der Waals surface area contributed by atoms with E-state index in [1.807, 2.05) is 5.32 Å². The van der Waals surface area contributed by atoms with Gasteiger partial charge in [-0.2, -0.15) is 13.2 Å². The van der Waals surface area contributed by atoms with Crippen molar-refractivity contribution in [3.05, 3.63) is 64.1 Å². The highest BCUT2D eigenvalue weighted by molar-refractivity contribution is 8.18. The summed E-state index contributed by atoms with van der Waals surface area (Å²) < 4.78 is 50.8. The largest absolute Gasteiger partial charge is 0.468 e. The van der Waals surface area contributed by atoms with Crippen molar-refractivity contribution in [2.75, 3.05) is 7.11 Å². The van der Waals surface area contributed by atoms with Gasteiger partial charge in [0.25, 0.3) is 11.1 Å². The van der Waals surface area contributed by atoms with Gasteiger partial charge in [0, 0.05) is 0 Å². The van der Waals surface area contributed by atoms with Crippen LogP contribution in [0.3, 0.4) is 0 Å². The van der Waals surface area contributed by atoms with E-state index in [-0.39, 0.29) is 28.4 Å². The first-order chi connectivity index (χ1) is 15.1. The molecule has 0 saturated carbocycles. The van der Waals surface area contributed by atoms with Crippen LogP contribution < -0.4 is 15.8 Å². The van der Waals surface area contributed by atoms with Crippen LogP contribution in [-0.2, 0) is 26.9 Å². The van der Waals surface area contributed by atoms with Gasteiger partial charge in [0.1, 0.15) is 17.5 Å². The Bertz CT molecular complexity index is 1080. The number of imide groups is 1. The lowest BCUT2D eigenvalue weighted by Gasteiger charge is -2.14. The molecule has 1 fully saturated rings. The van der Waals surface area contributed by atoms with E-state index in [0.29, 0.717) is 11.8 Å². The lowest BCUT2D eigenvalue weighted by Crippen LogP contribution is -2.33. The number of hydrogen-bond donors (Lipinski definition) is 2. The molecule has 1 atom stereocenters. The first kappa shape index (κ1) is 23.4. The average Bonchev–Trinajstić information content (AvgIpc) is 3.05. The molecule has 0 aromatic heterocycles. The zero-order chi connectivity index (χ0) is 23.5. The van der Waals surface area contributed by atoms with Crippen molar-refractivity contribution in [3.8, 4) is 11.5 Å².